The summed E-state index contributed by atoms with van der Waals surface area (Å²) in [5.41, 5.74) is 13.9. The van der Waals surface area contributed by atoms with Crippen LogP contribution >= 0.6 is 0 Å². The second kappa shape index (κ2) is 5.46. The number of nitrogens with two attached hydrogens (primary N) is 2. The van der Waals surface area contributed by atoms with Crippen molar-refractivity contribution < 1.29 is 4.90 Å². The van der Waals surface area contributed by atoms with E-state index in [1.54, 1.807) is 0 Å². The Kier molecular flexibility index (Phi) is 4.24. The molecule has 84 valence electrons. The van der Waals surface area contributed by atoms with E-state index in [0.29, 0.717) is 0 Å². The van der Waals surface area contributed by atoms with Crippen LogP contribution in [-0.2, 0) is 0 Å². The minimum atomic E-state index is 0.741. The maximum atomic E-state index is 5.81. The van der Waals surface area contributed by atoms with Crippen molar-refractivity contribution in [1.82, 2.24) is 0 Å². The molecule has 6 N–H and O–H groups in total. The zero-order valence-corrected chi connectivity index (χ0v) is 9.51. The fraction of sp³-hybridized carbons (Fsp3) is 0.455. The Morgan fingerprint density at radius 3 is 2.67 bits per heavy atom. The summed E-state index contributed by atoms with van der Waals surface area (Å²) in [4.78, 5) is 1.46. The summed E-state index contributed by atoms with van der Waals surface area (Å²) in [5, 5.41) is 3.29. The number of hydrogen-bond acceptors (Lipinski definition) is 3. The number of benzene rings is 1. The van der Waals surface area contributed by atoms with Gasteiger partial charge in [-0.05, 0) is 18.2 Å². The van der Waals surface area contributed by atoms with Crippen LogP contribution in [0.4, 0.5) is 17.1 Å². The van der Waals surface area contributed by atoms with Gasteiger partial charge in [-0.2, -0.15) is 0 Å². The van der Waals surface area contributed by atoms with Crippen LogP contribution in [0.5, 0.6) is 0 Å². The van der Waals surface area contributed by atoms with Gasteiger partial charge in [-0.25, -0.2) is 0 Å². The number of anilines is 3. The first-order chi connectivity index (χ1) is 7.09. The van der Waals surface area contributed by atoms with Gasteiger partial charge in [0, 0.05) is 18.7 Å². The molecule has 4 heteroatoms. The minimum absolute atomic E-state index is 0.741. The van der Waals surface area contributed by atoms with E-state index < -0.39 is 0 Å². The van der Waals surface area contributed by atoms with E-state index in [2.05, 4.69) is 19.4 Å². The summed E-state index contributed by atoms with van der Waals surface area (Å²) >= 11 is 0. The average Bonchev–Trinajstić information content (AvgIpc) is 2.17. The van der Waals surface area contributed by atoms with Crippen molar-refractivity contribution in [2.45, 2.75) is 6.42 Å². The molecule has 15 heavy (non-hydrogen) atoms. The molecule has 0 aliphatic rings. The van der Waals surface area contributed by atoms with Crippen molar-refractivity contribution in [3.05, 3.63) is 18.2 Å². The smallest absolute Gasteiger partial charge is 0.0783 e. The molecule has 0 fully saturated rings. The van der Waals surface area contributed by atoms with Crippen molar-refractivity contribution in [1.29, 1.82) is 0 Å². The van der Waals surface area contributed by atoms with Crippen LogP contribution in [0.1, 0.15) is 6.42 Å². The molecule has 0 saturated carbocycles. The van der Waals surface area contributed by atoms with E-state index in [4.69, 9.17) is 11.5 Å². The molecule has 0 aliphatic carbocycles. The van der Waals surface area contributed by atoms with E-state index >= 15 is 0 Å². The third-order valence-corrected chi connectivity index (χ3v) is 2.25. The molecule has 0 bridgehead atoms. The van der Waals surface area contributed by atoms with Crippen LogP contribution in [0, 0.1) is 0 Å². The highest BCUT2D eigenvalue weighted by Gasteiger charge is 1.99. The quantitative estimate of drug-likeness (QED) is 0.401. The van der Waals surface area contributed by atoms with Gasteiger partial charge in [-0.1, -0.05) is 0 Å². The molecule has 0 saturated heterocycles. The van der Waals surface area contributed by atoms with Crippen LogP contribution in [0.15, 0.2) is 18.2 Å². The van der Waals surface area contributed by atoms with Gasteiger partial charge in [0.05, 0.1) is 32.0 Å². The molecule has 0 heterocycles. The predicted molar refractivity (Wildman–Crippen MR) is 66.1 cm³/mol. The van der Waals surface area contributed by atoms with Crippen LogP contribution in [0.3, 0.4) is 0 Å². The molecule has 0 radical (unpaired) electrons. The van der Waals surface area contributed by atoms with Crippen molar-refractivity contribution >= 4 is 17.1 Å². The Balaban J connectivity index is 2.40. The number of rotatable bonds is 5. The van der Waals surface area contributed by atoms with E-state index in [9.17, 15) is 0 Å². The van der Waals surface area contributed by atoms with E-state index in [1.807, 2.05) is 18.2 Å². The van der Waals surface area contributed by atoms with Gasteiger partial charge in [-0.15, -0.1) is 0 Å². The first kappa shape index (κ1) is 11.7. The number of nitrogens with one attached hydrogen (secondary N) is 2. The number of nitrogen functional groups attached to an aromatic ring is 2. The monoisotopic (exact) mass is 209 g/mol. The second-order valence-electron chi connectivity index (χ2n) is 4.08. The maximum Gasteiger partial charge on any atom is 0.0783 e. The number of hydrogen-bond donors (Lipinski definition) is 4. The normalized spacial score (nSPS) is 10.6. The summed E-state index contributed by atoms with van der Waals surface area (Å²) in [6.07, 6.45) is 1.12. The molecular formula is C11H21N4+. The zero-order chi connectivity index (χ0) is 11.3. The molecule has 0 aromatic heterocycles. The first-order valence-electron chi connectivity index (χ1n) is 5.27. The van der Waals surface area contributed by atoms with Crippen molar-refractivity contribution in [3.8, 4) is 0 Å². The summed E-state index contributed by atoms with van der Waals surface area (Å²) in [7, 11) is 4.30. The van der Waals surface area contributed by atoms with Gasteiger partial charge in [-0.3, -0.25) is 0 Å². The van der Waals surface area contributed by atoms with Gasteiger partial charge in [0.15, 0.2) is 0 Å². The Bertz CT molecular complexity index is 309. The lowest BCUT2D eigenvalue weighted by molar-refractivity contribution is -0.858. The molecule has 0 atom stereocenters. The number of quaternary nitrogens is 1. The lowest BCUT2D eigenvalue weighted by Crippen LogP contribution is -3.05. The van der Waals surface area contributed by atoms with E-state index in [0.717, 1.165) is 36.6 Å². The average molecular weight is 209 g/mol. The van der Waals surface area contributed by atoms with Crippen molar-refractivity contribution in [3.63, 3.8) is 0 Å². The molecule has 1 aromatic carbocycles. The summed E-state index contributed by atoms with van der Waals surface area (Å²) in [6.45, 7) is 2.08. The maximum absolute atomic E-state index is 5.81. The lowest BCUT2D eigenvalue weighted by atomic mass is 10.2. The Labute approximate surface area is 91.2 Å². The Hall–Kier alpha value is -1.42. The van der Waals surface area contributed by atoms with E-state index in [1.165, 1.54) is 4.90 Å². The SMILES string of the molecule is C[NH+](C)CCCNc1cc(N)ccc1N. The van der Waals surface area contributed by atoms with Gasteiger partial charge >= 0.3 is 0 Å². The highest BCUT2D eigenvalue weighted by molar-refractivity contribution is 5.70. The lowest BCUT2D eigenvalue weighted by Gasteiger charge is -2.11. The molecule has 0 amide bonds. The topological polar surface area (TPSA) is 68.5 Å². The predicted octanol–water partition coefficient (Wildman–Crippen LogP) is -0.202. The molecule has 0 unspecified atom stereocenters. The Morgan fingerprint density at radius 2 is 2.00 bits per heavy atom. The zero-order valence-electron chi connectivity index (χ0n) is 9.51. The van der Waals surface area contributed by atoms with Crippen LogP contribution < -0.4 is 21.7 Å². The molecule has 4 nitrogen and oxygen atoms in total. The fourth-order valence-corrected chi connectivity index (χ4v) is 1.39. The molecular weight excluding hydrogens is 188 g/mol. The highest BCUT2D eigenvalue weighted by Crippen LogP contribution is 2.20. The van der Waals surface area contributed by atoms with Gasteiger partial charge in [0.25, 0.3) is 0 Å². The molecule has 1 rings (SSSR count). The van der Waals surface area contributed by atoms with Crippen molar-refractivity contribution in [2.75, 3.05) is 44.0 Å². The van der Waals surface area contributed by atoms with Gasteiger partial charge in [0.1, 0.15) is 0 Å². The van der Waals surface area contributed by atoms with Crippen LogP contribution in [0.25, 0.3) is 0 Å². The van der Waals surface area contributed by atoms with Gasteiger partial charge < -0.3 is 21.7 Å². The van der Waals surface area contributed by atoms with E-state index in [-0.39, 0.29) is 0 Å². The third kappa shape index (κ3) is 4.08. The minimum Gasteiger partial charge on any atom is -0.399 e. The standard InChI is InChI=1S/C11H20N4/c1-15(2)7-3-6-14-11-8-9(12)4-5-10(11)13/h4-5,8,14H,3,6-7,12-13H2,1-2H3/p+1. The second-order valence-corrected chi connectivity index (χ2v) is 4.08. The Morgan fingerprint density at radius 1 is 1.27 bits per heavy atom. The molecule has 0 aliphatic heterocycles. The highest BCUT2D eigenvalue weighted by atomic mass is 15.1. The summed E-state index contributed by atoms with van der Waals surface area (Å²) in [5.74, 6) is 0. The molecule has 1 aromatic rings. The summed E-state index contributed by atoms with van der Waals surface area (Å²) in [6, 6.07) is 5.51. The van der Waals surface area contributed by atoms with Crippen LogP contribution in [-0.4, -0.2) is 27.2 Å². The van der Waals surface area contributed by atoms with Crippen molar-refractivity contribution in [2.24, 2.45) is 0 Å². The molecule has 0 spiro atoms. The van der Waals surface area contributed by atoms with Crippen LogP contribution in [0.2, 0.25) is 0 Å². The fourth-order valence-electron chi connectivity index (χ4n) is 1.39. The summed E-state index contributed by atoms with van der Waals surface area (Å²) < 4.78 is 0. The van der Waals surface area contributed by atoms with Gasteiger partial charge in [0.2, 0.25) is 0 Å². The largest absolute Gasteiger partial charge is 0.399 e. The third-order valence-electron chi connectivity index (χ3n) is 2.25. The first-order valence-corrected chi connectivity index (χ1v) is 5.27.